The summed E-state index contributed by atoms with van der Waals surface area (Å²) in [6.45, 7) is 2.32. The van der Waals surface area contributed by atoms with Gasteiger partial charge in [-0.25, -0.2) is 4.79 Å². The number of hydrogen-bond donors (Lipinski definition) is 1. The van der Waals surface area contributed by atoms with Crippen LogP contribution < -0.4 is 15.0 Å². The van der Waals surface area contributed by atoms with E-state index >= 15 is 0 Å². The Kier molecular flexibility index (Phi) is 11.1. The van der Waals surface area contributed by atoms with E-state index in [-0.39, 0.29) is 18.3 Å². The highest BCUT2D eigenvalue weighted by molar-refractivity contribution is 6.34. The number of carbonyl (C=O) groups is 3. The standard InChI is InChI=1S/C35H33ClN2O5/c1-3-11-33(39)38(32-17-10-8-15-29(32)36)22-23-43-27-20-18-25(19-21-27)24-31(35(41)42-2)37-30-16-9-7-14-28(30)34(40)26-12-5-4-6-13-26/h3-21,31,37H,22-24H2,1-2H3/t31-/m0/s1. The lowest BCUT2D eigenvalue weighted by Gasteiger charge is -2.22. The van der Waals surface area contributed by atoms with Crippen molar-refractivity contribution in [3.05, 3.63) is 137 Å². The summed E-state index contributed by atoms with van der Waals surface area (Å²) in [5, 5.41) is 3.70. The Labute approximate surface area is 256 Å². The second-order valence-electron chi connectivity index (χ2n) is 9.60. The minimum Gasteiger partial charge on any atom is -0.492 e. The van der Waals surface area contributed by atoms with Gasteiger partial charge in [0.2, 0.25) is 0 Å². The summed E-state index contributed by atoms with van der Waals surface area (Å²) in [6.07, 6.45) is 3.49. The molecule has 7 nitrogen and oxygen atoms in total. The van der Waals surface area contributed by atoms with Crippen LogP contribution >= 0.6 is 11.6 Å². The van der Waals surface area contributed by atoms with Crippen molar-refractivity contribution in [2.24, 2.45) is 0 Å². The number of esters is 1. The Hall–Kier alpha value is -4.88. The van der Waals surface area contributed by atoms with Crippen molar-refractivity contribution in [3.63, 3.8) is 0 Å². The maximum Gasteiger partial charge on any atom is 0.328 e. The number of amides is 1. The summed E-state index contributed by atoms with van der Waals surface area (Å²) >= 11 is 6.34. The first kappa shape index (κ1) is 31.1. The largest absolute Gasteiger partial charge is 0.492 e. The lowest BCUT2D eigenvalue weighted by molar-refractivity contribution is -0.141. The average molecular weight is 597 g/mol. The van der Waals surface area contributed by atoms with E-state index in [0.29, 0.717) is 46.2 Å². The van der Waals surface area contributed by atoms with E-state index in [1.54, 1.807) is 60.4 Å². The molecule has 1 amide bonds. The fourth-order valence-electron chi connectivity index (χ4n) is 4.54. The molecule has 4 aromatic carbocycles. The Morgan fingerprint density at radius 2 is 1.56 bits per heavy atom. The number of para-hydroxylation sites is 2. The smallest absolute Gasteiger partial charge is 0.328 e. The molecule has 0 saturated carbocycles. The van der Waals surface area contributed by atoms with E-state index in [9.17, 15) is 14.4 Å². The summed E-state index contributed by atoms with van der Waals surface area (Å²) < 4.78 is 11.0. The molecular formula is C35H33ClN2O5. The van der Waals surface area contributed by atoms with Crippen molar-refractivity contribution in [2.45, 2.75) is 19.4 Å². The van der Waals surface area contributed by atoms with E-state index in [0.717, 1.165) is 5.56 Å². The summed E-state index contributed by atoms with van der Waals surface area (Å²) in [5.74, 6) is -0.173. The molecule has 0 bridgehead atoms. The zero-order valence-electron chi connectivity index (χ0n) is 24.0. The Morgan fingerprint density at radius 3 is 2.26 bits per heavy atom. The van der Waals surface area contributed by atoms with Crippen LogP contribution in [-0.2, 0) is 20.7 Å². The molecule has 1 N–H and O–H groups in total. The maximum absolute atomic E-state index is 13.2. The molecule has 0 aromatic heterocycles. The normalized spacial score (nSPS) is 11.5. The van der Waals surface area contributed by atoms with Gasteiger partial charge in [-0.2, -0.15) is 0 Å². The van der Waals surface area contributed by atoms with E-state index in [1.807, 2.05) is 60.7 Å². The highest BCUT2D eigenvalue weighted by Crippen LogP contribution is 2.26. The molecule has 0 aliphatic rings. The average Bonchev–Trinajstić information content (AvgIpc) is 3.04. The lowest BCUT2D eigenvalue weighted by atomic mass is 10.00. The molecular weight excluding hydrogens is 564 g/mol. The topological polar surface area (TPSA) is 84.9 Å². The summed E-state index contributed by atoms with van der Waals surface area (Å²) in [7, 11) is 1.34. The minimum atomic E-state index is -0.733. The van der Waals surface area contributed by atoms with Crippen molar-refractivity contribution in [3.8, 4) is 5.75 Å². The van der Waals surface area contributed by atoms with E-state index in [2.05, 4.69) is 5.32 Å². The first-order chi connectivity index (χ1) is 20.9. The Bertz CT molecular complexity index is 1570. The van der Waals surface area contributed by atoms with Gasteiger partial charge in [0.05, 0.1) is 24.4 Å². The Morgan fingerprint density at radius 1 is 0.884 bits per heavy atom. The third kappa shape index (κ3) is 8.33. The number of allylic oxidation sites excluding steroid dienone is 1. The van der Waals surface area contributed by atoms with Gasteiger partial charge in [-0.1, -0.05) is 84.4 Å². The van der Waals surface area contributed by atoms with E-state index < -0.39 is 12.0 Å². The number of nitrogens with zero attached hydrogens (tertiary/aromatic N) is 1. The Balaban J connectivity index is 1.42. The predicted octanol–water partition coefficient (Wildman–Crippen LogP) is 6.76. The summed E-state index contributed by atoms with van der Waals surface area (Å²) in [6, 6.07) is 29.9. The van der Waals surface area contributed by atoms with Crippen LogP contribution in [0.4, 0.5) is 11.4 Å². The second-order valence-corrected chi connectivity index (χ2v) is 10.0. The van der Waals surface area contributed by atoms with Crippen LogP contribution in [0.2, 0.25) is 5.02 Å². The van der Waals surface area contributed by atoms with Crippen molar-refractivity contribution >= 4 is 40.6 Å². The number of methoxy groups -OCH3 is 1. The van der Waals surface area contributed by atoms with Gasteiger partial charge >= 0.3 is 5.97 Å². The number of benzene rings is 4. The quantitative estimate of drug-likeness (QED) is 0.104. The molecule has 43 heavy (non-hydrogen) atoms. The molecule has 0 aliphatic carbocycles. The fourth-order valence-corrected chi connectivity index (χ4v) is 4.78. The minimum absolute atomic E-state index is 0.144. The number of halogens is 1. The second kappa shape index (κ2) is 15.4. The van der Waals surface area contributed by atoms with Gasteiger partial charge in [0, 0.05) is 23.2 Å². The molecule has 8 heteroatoms. The third-order valence-corrected chi connectivity index (χ3v) is 7.01. The number of anilines is 2. The zero-order valence-corrected chi connectivity index (χ0v) is 24.8. The van der Waals surface area contributed by atoms with Crippen LogP contribution in [0.5, 0.6) is 5.75 Å². The van der Waals surface area contributed by atoms with Gasteiger partial charge in [-0.3, -0.25) is 9.59 Å². The maximum atomic E-state index is 13.2. The van der Waals surface area contributed by atoms with Crippen LogP contribution in [0.3, 0.4) is 0 Å². The lowest BCUT2D eigenvalue weighted by Crippen LogP contribution is -2.33. The molecule has 4 rings (SSSR count). The number of carbonyl (C=O) groups excluding carboxylic acids is 3. The number of nitrogens with one attached hydrogen (secondary N) is 1. The first-order valence-corrected chi connectivity index (χ1v) is 14.2. The number of ketones is 1. The molecule has 1 atom stereocenters. The van der Waals surface area contributed by atoms with Crippen LogP contribution in [0, 0.1) is 0 Å². The van der Waals surface area contributed by atoms with Crippen molar-refractivity contribution < 1.29 is 23.9 Å². The van der Waals surface area contributed by atoms with Gasteiger partial charge in [-0.05, 0) is 55.0 Å². The molecule has 0 fully saturated rings. The number of rotatable bonds is 13. The SMILES string of the molecule is CC=CC(=O)N(CCOc1ccc(C[C@H](Nc2ccccc2C(=O)c2ccccc2)C(=O)OC)cc1)c1ccccc1Cl. The molecule has 0 saturated heterocycles. The first-order valence-electron chi connectivity index (χ1n) is 13.8. The molecule has 0 unspecified atom stereocenters. The highest BCUT2D eigenvalue weighted by Gasteiger charge is 2.23. The predicted molar refractivity (Wildman–Crippen MR) is 170 cm³/mol. The number of ether oxygens (including phenoxy) is 2. The monoisotopic (exact) mass is 596 g/mol. The number of hydrogen-bond acceptors (Lipinski definition) is 6. The summed E-state index contributed by atoms with van der Waals surface area (Å²) in [5.41, 5.74) is 3.04. The summed E-state index contributed by atoms with van der Waals surface area (Å²) in [4.78, 5) is 40.2. The van der Waals surface area contributed by atoms with Gasteiger partial charge < -0.3 is 19.7 Å². The zero-order chi connectivity index (χ0) is 30.6. The van der Waals surface area contributed by atoms with Crippen LogP contribution in [-0.4, -0.2) is 44.0 Å². The molecule has 0 heterocycles. The van der Waals surface area contributed by atoms with Crippen molar-refractivity contribution in [2.75, 3.05) is 30.5 Å². The third-order valence-electron chi connectivity index (χ3n) is 6.69. The molecule has 0 aliphatic heterocycles. The van der Waals surface area contributed by atoms with Gasteiger partial charge in [0.25, 0.3) is 5.91 Å². The van der Waals surface area contributed by atoms with Crippen LogP contribution in [0.25, 0.3) is 0 Å². The molecule has 4 aromatic rings. The highest BCUT2D eigenvalue weighted by atomic mass is 35.5. The van der Waals surface area contributed by atoms with Gasteiger partial charge in [-0.15, -0.1) is 0 Å². The van der Waals surface area contributed by atoms with Crippen molar-refractivity contribution in [1.29, 1.82) is 0 Å². The van der Waals surface area contributed by atoms with Crippen molar-refractivity contribution in [1.82, 2.24) is 0 Å². The van der Waals surface area contributed by atoms with Crippen LogP contribution in [0.15, 0.2) is 115 Å². The molecule has 220 valence electrons. The van der Waals surface area contributed by atoms with E-state index in [4.69, 9.17) is 21.1 Å². The van der Waals surface area contributed by atoms with Gasteiger partial charge in [0.15, 0.2) is 5.78 Å². The van der Waals surface area contributed by atoms with Gasteiger partial charge in [0.1, 0.15) is 18.4 Å². The van der Waals surface area contributed by atoms with E-state index in [1.165, 1.54) is 13.2 Å². The molecule has 0 radical (unpaired) electrons. The fraction of sp³-hybridized carbons (Fsp3) is 0.171. The van der Waals surface area contributed by atoms with Crippen LogP contribution in [0.1, 0.15) is 28.4 Å². The molecule has 0 spiro atoms.